The zero-order chi connectivity index (χ0) is 10.4. The van der Waals surface area contributed by atoms with Crippen molar-refractivity contribution in [2.24, 2.45) is 0 Å². The van der Waals surface area contributed by atoms with Crippen LogP contribution in [0.4, 0.5) is 5.69 Å². The van der Waals surface area contributed by atoms with E-state index in [4.69, 9.17) is 10.5 Å². The molecule has 0 aromatic heterocycles. The van der Waals surface area contributed by atoms with Crippen molar-refractivity contribution in [1.82, 2.24) is 0 Å². The van der Waals surface area contributed by atoms with Crippen molar-refractivity contribution >= 4 is 5.69 Å². The summed E-state index contributed by atoms with van der Waals surface area (Å²) in [5.41, 5.74) is 7.88. The van der Waals surface area contributed by atoms with Gasteiger partial charge in [-0.2, -0.15) is 0 Å². The van der Waals surface area contributed by atoms with Crippen LogP contribution in [-0.2, 0) is 6.42 Å². The molecule has 0 radical (unpaired) electrons. The molecule has 2 nitrogen and oxygen atoms in total. The molecule has 0 saturated carbocycles. The van der Waals surface area contributed by atoms with Crippen molar-refractivity contribution in [1.29, 1.82) is 0 Å². The number of nitrogens with two attached hydrogens (primary N) is 1. The lowest BCUT2D eigenvalue weighted by Crippen LogP contribution is -1.98. The number of anilines is 1. The molecular weight excluding hydrogens is 174 g/mol. The van der Waals surface area contributed by atoms with Crippen molar-refractivity contribution in [2.45, 2.75) is 33.1 Å². The van der Waals surface area contributed by atoms with Gasteiger partial charge >= 0.3 is 0 Å². The number of hydrogen-bond donors (Lipinski definition) is 1. The summed E-state index contributed by atoms with van der Waals surface area (Å²) in [7, 11) is 0. The second kappa shape index (κ2) is 5.53. The fourth-order valence-corrected chi connectivity index (χ4v) is 1.32. The van der Waals surface area contributed by atoms with Gasteiger partial charge in [0.1, 0.15) is 5.75 Å². The summed E-state index contributed by atoms with van der Waals surface area (Å²) in [5, 5.41) is 0. The van der Waals surface area contributed by atoms with Gasteiger partial charge in [-0.15, -0.1) is 0 Å². The maximum Gasteiger partial charge on any atom is 0.121 e. The van der Waals surface area contributed by atoms with Crippen molar-refractivity contribution in [3.8, 4) is 5.75 Å². The molecule has 0 saturated heterocycles. The Morgan fingerprint density at radius 3 is 2.64 bits per heavy atom. The summed E-state index contributed by atoms with van der Waals surface area (Å²) in [6.07, 6.45) is 3.22. The van der Waals surface area contributed by atoms with Gasteiger partial charge in [-0.1, -0.05) is 26.3 Å². The Morgan fingerprint density at radius 2 is 2.07 bits per heavy atom. The molecule has 0 spiro atoms. The minimum atomic E-state index is 0.779. The third-order valence-corrected chi connectivity index (χ3v) is 2.26. The standard InChI is InChI=1S/C12H19NO/c1-3-5-8-14-11-7-6-10(4-2)12(13)9-11/h6-7,9H,3-5,8,13H2,1-2H3. The first-order valence-corrected chi connectivity index (χ1v) is 5.29. The van der Waals surface area contributed by atoms with Crippen LogP contribution in [0.25, 0.3) is 0 Å². The average Bonchev–Trinajstić information content (AvgIpc) is 2.18. The molecule has 1 aromatic carbocycles. The lowest BCUT2D eigenvalue weighted by molar-refractivity contribution is 0.309. The normalized spacial score (nSPS) is 10.1. The predicted molar refractivity (Wildman–Crippen MR) is 60.6 cm³/mol. The van der Waals surface area contributed by atoms with Crippen LogP contribution in [-0.4, -0.2) is 6.61 Å². The van der Waals surface area contributed by atoms with E-state index in [9.17, 15) is 0 Å². The van der Waals surface area contributed by atoms with E-state index in [0.29, 0.717) is 0 Å². The van der Waals surface area contributed by atoms with Crippen LogP contribution in [0, 0.1) is 0 Å². The van der Waals surface area contributed by atoms with E-state index in [1.807, 2.05) is 18.2 Å². The van der Waals surface area contributed by atoms with Gasteiger partial charge in [-0.25, -0.2) is 0 Å². The van der Waals surface area contributed by atoms with Crippen LogP contribution in [0.2, 0.25) is 0 Å². The highest BCUT2D eigenvalue weighted by atomic mass is 16.5. The number of unbranched alkanes of at least 4 members (excludes halogenated alkanes) is 1. The molecule has 2 N–H and O–H groups in total. The van der Waals surface area contributed by atoms with Crippen LogP contribution in [0.15, 0.2) is 18.2 Å². The first-order chi connectivity index (χ1) is 6.77. The first kappa shape index (κ1) is 10.9. The van der Waals surface area contributed by atoms with Gasteiger partial charge in [0.05, 0.1) is 6.61 Å². The van der Waals surface area contributed by atoms with E-state index in [-0.39, 0.29) is 0 Å². The number of hydrogen-bond acceptors (Lipinski definition) is 2. The van der Waals surface area contributed by atoms with Gasteiger partial charge in [0, 0.05) is 11.8 Å². The molecule has 0 aliphatic carbocycles. The van der Waals surface area contributed by atoms with Gasteiger partial charge in [0.15, 0.2) is 0 Å². The smallest absolute Gasteiger partial charge is 0.121 e. The van der Waals surface area contributed by atoms with E-state index >= 15 is 0 Å². The molecule has 78 valence electrons. The maximum absolute atomic E-state index is 5.86. The van der Waals surface area contributed by atoms with E-state index in [2.05, 4.69) is 13.8 Å². The number of rotatable bonds is 5. The molecule has 0 unspecified atom stereocenters. The van der Waals surface area contributed by atoms with E-state index < -0.39 is 0 Å². The first-order valence-electron chi connectivity index (χ1n) is 5.29. The summed E-state index contributed by atoms with van der Waals surface area (Å²) in [6.45, 7) is 5.03. The third kappa shape index (κ3) is 2.95. The zero-order valence-electron chi connectivity index (χ0n) is 9.05. The van der Waals surface area contributed by atoms with Gasteiger partial charge in [0.25, 0.3) is 0 Å². The van der Waals surface area contributed by atoms with E-state index in [1.165, 1.54) is 5.56 Å². The molecule has 0 aliphatic heterocycles. The Kier molecular flexibility index (Phi) is 4.30. The topological polar surface area (TPSA) is 35.2 Å². The van der Waals surface area contributed by atoms with Crippen LogP contribution in [0.3, 0.4) is 0 Å². The zero-order valence-corrected chi connectivity index (χ0v) is 9.05. The lowest BCUT2D eigenvalue weighted by atomic mass is 10.1. The lowest BCUT2D eigenvalue weighted by Gasteiger charge is -2.08. The highest BCUT2D eigenvalue weighted by Gasteiger charge is 1.99. The Balaban J connectivity index is 2.57. The average molecular weight is 193 g/mol. The van der Waals surface area contributed by atoms with Crippen molar-refractivity contribution in [3.05, 3.63) is 23.8 Å². The summed E-state index contributed by atoms with van der Waals surface area (Å²) in [4.78, 5) is 0. The fraction of sp³-hybridized carbons (Fsp3) is 0.500. The molecule has 0 bridgehead atoms. The maximum atomic E-state index is 5.86. The largest absolute Gasteiger partial charge is 0.494 e. The number of benzene rings is 1. The molecule has 2 heteroatoms. The van der Waals surface area contributed by atoms with E-state index in [0.717, 1.165) is 37.3 Å². The van der Waals surface area contributed by atoms with Crippen molar-refractivity contribution in [2.75, 3.05) is 12.3 Å². The Bertz CT molecular complexity index is 284. The molecule has 0 fully saturated rings. The Morgan fingerprint density at radius 1 is 1.29 bits per heavy atom. The summed E-state index contributed by atoms with van der Waals surface area (Å²) in [6, 6.07) is 5.94. The second-order valence-electron chi connectivity index (χ2n) is 3.42. The fourth-order valence-electron chi connectivity index (χ4n) is 1.32. The van der Waals surface area contributed by atoms with Gasteiger partial charge < -0.3 is 10.5 Å². The molecule has 0 atom stereocenters. The second-order valence-corrected chi connectivity index (χ2v) is 3.42. The SMILES string of the molecule is CCCCOc1ccc(CC)c(N)c1. The molecule has 0 heterocycles. The highest BCUT2D eigenvalue weighted by molar-refractivity contribution is 5.51. The van der Waals surface area contributed by atoms with Gasteiger partial charge in [-0.05, 0) is 24.5 Å². The quantitative estimate of drug-likeness (QED) is 0.576. The molecular formula is C12H19NO. The molecule has 0 amide bonds. The monoisotopic (exact) mass is 193 g/mol. The Labute approximate surface area is 86.1 Å². The van der Waals surface area contributed by atoms with Crippen LogP contribution < -0.4 is 10.5 Å². The molecule has 1 aromatic rings. The predicted octanol–water partition coefficient (Wildman–Crippen LogP) is 3.01. The van der Waals surface area contributed by atoms with Crippen LogP contribution >= 0.6 is 0 Å². The number of aryl methyl sites for hydroxylation is 1. The highest BCUT2D eigenvalue weighted by Crippen LogP contribution is 2.20. The van der Waals surface area contributed by atoms with Crippen LogP contribution in [0.5, 0.6) is 5.75 Å². The minimum Gasteiger partial charge on any atom is -0.494 e. The van der Waals surface area contributed by atoms with Crippen molar-refractivity contribution in [3.63, 3.8) is 0 Å². The molecule has 14 heavy (non-hydrogen) atoms. The number of ether oxygens (including phenoxy) is 1. The summed E-state index contributed by atoms with van der Waals surface area (Å²) >= 11 is 0. The third-order valence-electron chi connectivity index (χ3n) is 2.26. The van der Waals surface area contributed by atoms with Gasteiger partial charge in [0.2, 0.25) is 0 Å². The van der Waals surface area contributed by atoms with Crippen molar-refractivity contribution < 1.29 is 4.74 Å². The summed E-state index contributed by atoms with van der Waals surface area (Å²) in [5.74, 6) is 0.883. The molecule has 1 rings (SSSR count). The van der Waals surface area contributed by atoms with E-state index in [1.54, 1.807) is 0 Å². The Hall–Kier alpha value is -1.18. The molecule has 0 aliphatic rings. The van der Waals surface area contributed by atoms with Crippen LogP contribution in [0.1, 0.15) is 32.3 Å². The number of nitrogen functional groups attached to an aromatic ring is 1. The summed E-state index contributed by atoms with van der Waals surface area (Å²) < 4.78 is 5.55. The van der Waals surface area contributed by atoms with Gasteiger partial charge in [-0.3, -0.25) is 0 Å². The minimum absolute atomic E-state index is 0.779.